The molecular weight excluding hydrogens is 413 g/mol. The highest BCUT2D eigenvalue weighted by Gasteiger charge is 2.35. The lowest BCUT2D eigenvalue weighted by molar-refractivity contribution is 0.0437. The van der Waals surface area contributed by atoms with Crippen molar-refractivity contribution in [2.45, 2.75) is 81.7 Å². The number of hydrogen-bond acceptors (Lipinski definition) is 1. The van der Waals surface area contributed by atoms with Crippen molar-refractivity contribution < 1.29 is 4.79 Å². The Bertz CT molecular complexity index is 819. The third-order valence-corrected chi connectivity index (χ3v) is 7.55. The topological polar surface area (TPSA) is 20.3 Å². The van der Waals surface area contributed by atoms with E-state index in [0.29, 0.717) is 28.9 Å². The van der Waals surface area contributed by atoms with Crippen LogP contribution < -0.4 is 0 Å². The normalized spacial score (nSPS) is 22.6. The quantitative estimate of drug-likeness (QED) is 0.435. The molecule has 2 aliphatic carbocycles. The molecule has 4 heteroatoms. The SMILES string of the molecule is O=C(c1ccc(Cl)cc1)N(C1CCCCC1)C1CCC(c2ccc(CCl)cc2)CC1. The first-order chi connectivity index (χ1) is 14.7. The summed E-state index contributed by atoms with van der Waals surface area (Å²) in [6.45, 7) is 0. The molecule has 0 bridgehead atoms. The van der Waals surface area contributed by atoms with Crippen molar-refractivity contribution in [3.05, 3.63) is 70.2 Å². The summed E-state index contributed by atoms with van der Waals surface area (Å²) < 4.78 is 0. The Morgan fingerprint density at radius 2 is 1.40 bits per heavy atom. The molecule has 0 heterocycles. The fraction of sp³-hybridized carbons (Fsp3) is 0.500. The molecule has 0 aromatic heterocycles. The highest BCUT2D eigenvalue weighted by Crippen LogP contribution is 2.38. The molecule has 4 rings (SSSR count). The zero-order valence-corrected chi connectivity index (χ0v) is 19.0. The van der Waals surface area contributed by atoms with Crippen LogP contribution in [0.2, 0.25) is 5.02 Å². The highest BCUT2D eigenvalue weighted by molar-refractivity contribution is 6.30. The van der Waals surface area contributed by atoms with Gasteiger partial charge in [-0.3, -0.25) is 4.79 Å². The van der Waals surface area contributed by atoms with Gasteiger partial charge in [0.25, 0.3) is 5.91 Å². The Hall–Kier alpha value is -1.51. The number of alkyl halides is 1. The monoisotopic (exact) mass is 443 g/mol. The summed E-state index contributed by atoms with van der Waals surface area (Å²) >= 11 is 12.0. The van der Waals surface area contributed by atoms with Crippen LogP contribution in [0.3, 0.4) is 0 Å². The third kappa shape index (κ3) is 5.03. The van der Waals surface area contributed by atoms with E-state index in [0.717, 1.165) is 44.1 Å². The molecule has 2 aromatic rings. The Morgan fingerprint density at radius 3 is 2.00 bits per heavy atom. The van der Waals surface area contributed by atoms with Gasteiger partial charge < -0.3 is 4.90 Å². The first kappa shape index (κ1) is 21.7. The minimum Gasteiger partial charge on any atom is -0.333 e. The van der Waals surface area contributed by atoms with E-state index in [1.165, 1.54) is 30.4 Å². The fourth-order valence-electron chi connectivity index (χ4n) is 5.30. The molecule has 0 radical (unpaired) electrons. The molecule has 0 atom stereocenters. The van der Waals surface area contributed by atoms with Crippen LogP contribution >= 0.6 is 23.2 Å². The molecule has 2 aromatic carbocycles. The Kier molecular flexibility index (Phi) is 7.38. The number of rotatable bonds is 5. The molecular formula is C26H31Cl2NO. The van der Waals surface area contributed by atoms with Gasteiger partial charge in [0.05, 0.1) is 0 Å². The van der Waals surface area contributed by atoms with Gasteiger partial charge in [0.15, 0.2) is 0 Å². The minimum absolute atomic E-state index is 0.188. The van der Waals surface area contributed by atoms with E-state index < -0.39 is 0 Å². The number of hydrogen-bond donors (Lipinski definition) is 0. The van der Waals surface area contributed by atoms with Gasteiger partial charge in [0, 0.05) is 28.5 Å². The zero-order chi connectivity index (χ0) is 20.9. The Morgan fingerprint density at radius 1 is 0.800 bits per heavy atom. The van der Waals surface area contributed by atoms with Crippen LogP contribution in [0.5, 0.6) is 0 Å². The van der Waals surface area contributed by atoms with Crippen LogP contribution in [0.15, 0.2) is 48.5 Å². The first-order valence-electron chi connectivity index (χ1n) is 11.4. The van der Waals surface area contributed by atoms with Crippen molar-refractivity contribution >= 4 is 29.1 Å². The summed E-state index contributed by atoms with van der Waals surface area (Å²) in [5, 5.41) is 0.677. The van der Waals surface area contributed by atoms with Crippen LogP contribution in [0.25, 0.3) is 0 Å². The molecule has 0 unspecified atom stereocenters. The van der Waals surface area contributed by atoms with Gasteiger partial charge in [-0.2, -0.15) is 0 Å². The van der Waals surface area contributed by atoms with Crippen molar-refractivity contribution in [2.24, 2.45) is 0 Å². The summed E-state index contributed by atoms with van der Waals surface area (Å²) in [5.74, 6) is 1.34. The standard InChI is InChI=1S/C26H31Cl2NO/c27-18-19-6-8-20(9-7-19)21-12-16-25(17-13-21)29(24-4-2-1-3-5-24)26(30)22-10-14-23(28)15-11-22/h6-11,14-15,21,24-25H,1-5,12-13,16-18H2. The number of carbonyl (C=O) groups excluding carboxylic acids is 1. The lowest BCUT2D eigenvalue weighted by atomic mass is 9.80. The largest absolute Gasteiger partial charge is 0.333 e. The van der Waals surface area contributed by atoms with E-state index >= 15 is 0 Å². The summed E-state index contributed by atoms with van der Waals surface area (Å²) in [7, 11) is 0. The second-order valence-electron chi connectivity index (χ2n) is 8.89. The average Bonchev–Trinajstić information content (AvgIpc) is 2.81. The maximum absolute atomic E-state index is 13.5. The summed E-state index contributed by atoms with van der Waals surface area (Å²) in [4.78, 5) is 15.8. The molecule has 160 valence electrons. The lowest BCUT2D eigenvalue weighted by Gasteiger charge is -2.43. The molecule has 0 saturated heterocycles. The van der Waals surface area contributed by atoms with Gasteiger partial charge in [-0.25, -0.2) is 0 Å². The maximum Gasteiger partial charge on any atom is 0.254 e. The predicted molar refractivity (Wildman–Crippen MR) is 125 cm³/mol. The van der Waals surface area contributed by atoms with Crippen molar-refractivity contribution in [1.82, 2.24) is 4.90 Å². The van der Waals surface area contributed by atoms with E-state index in [4.69, 9.17) is 23.2 Å². The molecule has 2 nitrogen and oxygen atoms in total. The number of halogens is 2. The maximum atomic E-state index is 13.5. The molecule has 1 amide bonds. The zero-order valence-electron chi connectivity index (χ0n) is 17.5. The smallest absolute Gasteiger partial charge is 0.254 e. The van der Waals surface area contributed by atoms with Crippen LogP contribution in [0, 0.1) is 0 Å². The Labute approximate surface area is 190 Å². The summed E-state index contributed by atoms with van der Waals surface area (Å²) in [6, 6.07) is 16.9. The fourth-order valence-corrected chi connectivity index (χ4v) is 5.60. The molecule has 0 aliphatic heterocycles. The second-order valence-corrected chi connectivity index (χ2v) is 9.60. The van der Waals surface area contributed by atoms with Gasteiger partial charge in [0.1, 0.15) is 0 Å². The number of benzene rings is 2. The van der Waals surface area contributed by atoms with Gasteiger partial charge in [-0.1, -0.05) is 55.1 Å². The Balaban J connectivity index is 1.48. The molecule has 2 fully saturated rings. The van der Waals surface area contributed by atoms with E-state index in [-0.39, 0.29) is 5.91 Å². The summed E-state index contributed by atoms with van der Waals surface area (Å²) in [5.41, 5.74) is 3.35. The van der Waals surface area contributed by atoms with E-state index in [9.17, 15) is 4.79 Å². The van der Waals surface area contributed by atoms with E-state index in [1.54, 1.807) is 0 Å². The summed E-state index contributed by atoms with van der Waals surface area (Å²) in [6.07, 6.45) is 10.5. The van der Waals surface area contributed by atoms with Crippen LogP contribution in [-0.4, -0.2) is 22.9 Å². The number of amides is 1. The first-order valence-corrected chi connectivity index (χ1v) is 12.3. The second kappa shape index (κ2) is 10.2. The highest BCUT2D eigenvalue weighted by atomic mass is 35.5. The van der Waals surface area contributed by atoms with Gasteiger partial charge in [-0.05, 0) is 79.8 Å². The van der Waals surface area contributed by atoms with Crippen LogP contribution in [0.4, 0.5) is 0 Å². The van der Waals surface area contributed by atoms with Crippen LogP contribution in [-0.2, 0) is 5.88 Å². The third-order valence-electron chi connectivity index (χ3n) is 6.99. The molecule has 0 N–H and O–H groups in total. The number of nitrogens with zero attached hydrogens (tertiary/aromatic N) is 1. The average molecular weight is 444 g/mol. The molecule has 30 heavy (non-hydrogen) atoms. The van der Waals surface area contributed by atoms with Gasteiger partial charge in [0.2, 0.25) is 0 Å². The van der Waals surface area contributed by atoms with E-state index in [1.807, 2.05) is 24.3 Å². The van der Waals surface area contributed by atoms with Crippen LogP contribution in [0.1, 0.15) is 85.2 Å². The molecule has 2 saturated carbocycles. The van der Waals surface area contributed by atoms with Gasteiger partial charge in [-0.15, -0.1) is 11.6 Å². The number of carbonyl (C=O) groups is 1. The van der Waals surface area contributed by atoms with Crippen molar-refractivity contribution in [2.75, 3.05) is 0 Å². The van der Waals surface area contributed by atoms with E-state index in [2.05, 4.69) is 29.2 Å². The minimum atomic E-state index is 0.188. The van der Waals surface area contributed by atoms with Gasteiger partial charge >= 0.3 is 0 Å². The van der Waals surface area contributed by atoms with Crippen molar-refractivity contribution in [3.8, 4) is 0 Å². The predicted octanol–water partition coefficient (Wildman–Crippen LogP) is 7.58. The molecule has 2 aliphatic rings. The van der Waals surface area contributed by atoms with Crippen molar-refractivity contribution in [3.63, 3.8) is 0 Å². The molecule has 0 spiro atoms. The lowest BCUT2D eigenvalue weighted by Crippen LogP contribution is -2.49. The van der Waals surface area contributed by atoms with Crippen molar-refractivity contribution in [1.29, 1.82) is 0 Å².